The molecule has 2 aliphatic rings. The van der Waals surface area contributed by atoms with E-state index in [0.717, 1.165) is 50.6 Å². The number of hydrogen-bond acceptors (Lipinski definition) is 4. The van der Waals surface area contributed by atoms with Crippen LogP contribution in [0.15, 0.2) is 53.5 Å². The van der Waals surface area contributed by atoms with Crippen LogP contribution in [0, 0.1) is 5.92 Å². The third-order valence-electron chi connectivity index (χ3n) is 6.51. The first-order valence-corrected chi connectivity index (χ1v) is 11.1. The van der Waals surface area contributed by atoms with Gasteiger partial charge in [-0.05, 0) is 69.7 Å². The van der Waals surface area contributed by atoms with Gasteiger partial charge >= 0.3 is 0 Å². The van der Waals surface area contributed by atoms with Gasteiger partial charge in [0.1, 0.15) is 5.60 Å². The van der Waals surface area contributed by atoms with Crippen LogP contribution in [0.5, 0.6) is 0 Å². The fourth-order valence-electron chi connectivity index (χ4n) is 4.55. The van der Waals surface area contributed by atoms with E-state index in [2.05, 4.69) is 86.0 Å². The molecule has 4 heteroatoms. The number of hydrogen-bond donors (Lipinski definition) is 0. The molecule has 0 bridgehead atoms. The third kappa shape index (κ3) is 3.61. The number of ether oxygens (including phenoxy) is 1. The summed E-state index contributed by atoms with van der Waals surface area (Å²) in [7, 11) is 0. The molecule has 1 aliphatic carbocycles. The zero-order valence-electron chi connectivity index (χ0n) is 18.2. The average molecular weight is 392 g/mol. The van der Waals surface area contributed by atoms with Gasteiger partial charge < -0.3 is 14.5 Å². The highest BCUT2D eigenvalue weighted by molar-refractivity contribution is 5.95. The topological polar surface area (TPSA) is 28.1 Å². The molecular weight excluding hydrogens is 358 g/mol. The molecule has 4 rings (SSSR count). The lowest BCUT2D eigenvalue weighted by Crippen LogP contribution is -2.27. The van der Waals surface area contributed by atoms with Crippen LogP contribution in [0.4, 0.5) is 11.4 Å². The summed E-state index contributed by atoms with van der Waals surface area (Å²) >= 11 is 0. The zero-order valence-corrected chi connectivity index (χ0v) is 18.2. The number of nitrogens with zero attached hydrogens (tertiary/aromatic N) is 3. The van der Waals surface area contributed by atoms with E-state index in [4.69, 9.17) is 9.73 Å². The first-order chi connectivity index (χ1) is 14.1. The van der Waals surface area contributed by atoms with E-state index in [1.165, 1.54) is 16.9 Å². The molecule has 154 valence electrons. The van der Waals surface area contributed by atoms with Crippen molar-refractivity contribution in [3.05, 3.63) is 59.7 Å². The Balaban J connectivity index is 1.52. The minimum absolute atomic E-state index is 0.184. The van der Waals surface area contributed by atoms with E-state index in [9.17, 15) is 0 Å². The molecule has 2 unspecified atom stereocenters. The number of rotatable bonds is 8. The number of anilines is 2. The molecular formula is C25H33N3O. The van der Waals surface area contributed by atoms with Crippen LogP contribution in [0.3, 0.4) is 0 Å². The second-order valence-electron chi connectivity index (χ2n) is 7.98. The molecule has 0 aromatic heterocycles. The van der Waals surface area contributed by atoms with E-state index < -0.39 is 0 Å². The summed E-state index contributed by atoms with van der Waals surface area (Å²) in [4.78, 5) is 9.48. The smallest absolute Gasteiger partial charge is 0.216 e. The second kappa shape index (κ2) is 8.10. The molecule has 1 fully saturated rings. The summed E-state index contributed by atoms with van der Waals surface area (Å²) in [6, 6.07) is 17.6. The monoisotopic (exact) mass is 391 g/mol. The van der Waals surface area contributed by atoms with Gasteiger partial charge in [0.2, 0.25) is 5.90 Å². The van der Waals surface area contributed by atoms with E-state index in [1.54, 1.807) is 0 Å². The fourth-order valence-corrected chi connectivity index (χ4v) is 4.55. The van der Waals surface area contributed by atoms with Gasteiger partial charge in [0.25, 0.3) is 0 Å². The van der Waals surface area contributed by atoms with Crippen LogP contribution in [-0.4, -0.2) is 38.6 Å². The molecule has 0 saturated heterocycles. The van der Waals surface area contributed by atoms with Crippen molar-refractivity contribution in [2.75, 3.05) is 42.5 Å². The van der Waals surface area contributed by atoms with Crippen molar-refractivity contribution in [3.63, 3.8) is 0 Å². The Labute approximate surface area is 175 Å². The first kappa shape index (κ1) is 19.8. The molecule has 1 aliphatic heterocycles. The highest BCUT2D eigenvalue weighted by Crippen LogP contribution is 2.57. The third-order valence-corrected chi connectivity index (χ3v) is 6.51. The van der Waals surface area contributed by atoms with Crippen LogP contribution < -0.4 is 9.80 Å². The van der Waals surface area contributed by atoms with Gasteiger partial charge in [0.15, 0.2) is 0 Å². The molecule has 29 heavy (non-hydrogen) atoms. The first-order valence-electron chi connectivity index (χ1n) is 11.1. The summed E-state index contributed by atoms with van der Waals surface area (Å²) in [5.41, 5.74) is 4.71. The molecule has 0 N–H and O–H groups in total. The van der Waals surface area contributed by atoms with Gasteiger partial charge in [-0.1, -0.05) is 12.1 Å². The molecule has 0 radical (unpaired) electrons. The van der Waals surface area contributed by atoms with E-state index in [1.807, 2.05) is 0 Å². The molecule has 0 amide bonds. The zero-order chi connectivity index (χ0) is 20.4. The fraction of sp³-hybridized carbons (Fsp3) is 0.480. The van der Waals surface area contributed by atoms with Crippen LogP contribution in [-0.2, 0) is 10.3 Å². The SMILES string of the molecule is CCN(CC)c1ccc(C2=NCC3CC3(c3ccc(N(CC)CC)cc3)O2)cc1. The molecule has 0 spiro atoms. The predicted octanol–water partition coefficient (Wildman–Crippen LogP) is 5.07. The number of benzene rings is 2. The average Bonchev–Trinajstić information content (AvgIpc) is 3.51. The Bertz CT molecular complexity index is 851. The Morgan fingerprint density at radius 1 is 0.828 bits per heavy atom. The predicted molar refractivity (Wildman–Crippen MR) is 122 cm³/mol. The summed E-state index contributed by atoms with van der Waals surface area (Å²) in [6.07, 6.45) is 1.06. The molecule has 4 nitrogen and oxygen atoms in total. The van der Waals surface area contributed by atoms with Crippen molar-refractivity contribution in [2.24, 2.45) is 10.9 Å². The molecule has 1 saturated carbocycles. The maximum Gasteiger partial charge on any atom is 0.216 e. The largest absolute Gasteiger partial charge is 0.466 e. The van der Waals surface area contributed by atoms with Gasteiger partial charge in [0.05, 0.1) is 6.54 Å². The van der Waals surface area contributed by atoms with Gasteiger partial charge in [-0.15, -0.1) is 0 Å². The lowest BCUT2D eigenvalue weighted by atomic mass is 10.0. The molecule has 2 aromatic carbocycles. The van der Waals surface area contributed by atoms with Crippen molar-refractivity contribution in [1.82, 2.24) is 0 Å². The maximum atomic E-state index is 6.55. The number of aliphatic imine (C=N–C) groups is 1. The summed E-state index contributed by atoms with van der Waals surface area (Å²) in [5.74, 6) is 1.29. The highest BCUT2D eigenvalue weighted by Gasteiger charge is 2.60. The van der Waals surface area contributed by atoms with Crippen LogP contribution in [0.1, 0.15) is 45.2 Å². The lowest BCUT2D eigenvalue weighted by Gasteiger charge is -2.27. The standard InChI is InChI=1S/C25H33N3O/c1-5-27(6-2)22-13-9-19(10-14-22)24-26-18-21-17-25(21,29-24)20-11-15-23(16-12-20)28(7-3)8-4/h9-16,21H,5-8,17-18H2,1-4H3. The van der Waals surface area contributed by atoms with Gasteiger partial charge in [-0.3, -0.25) is 4.99 Å². The highest BCUT2D eigenvalue weighted by atomic mass is 16.5. The van der Waals surface area contributed by atoms with Gasteiger partial charge in [-0.25, -0.2) is 0 Å². The van der Waals surface area contributed by atoms with Gasteiger partial charge in [0, 0.05) is 55.5 Å². The van der Waals surface area contributed by atoms with Crippen molar-refractivity contribution in [3.8, 4) is 0 Å². The van der Waals surface area contributed by atoms with E-state index >= 15 is 0 Å². The van der Waals surface area contributed by atoms with Crippen LogP contribution >= 0.6 is 0 Å². The van der Waals surface area contributed by atoms with E-state index in [0.29, 0.717) is 5.92 Å². The Kier molecular flexibility index (Phi) is 5.53. The molecule has 2 aromatic rings. The van der Waals surface area contributed by atoms with Gasteiger partial charge in [-0.2, -0.15) is 0 Å². The summed E-state index contributed by atoms with van der Waals surface area (Å²) in [5, 5.41) is 0. The summed E-state index contributed by atoms with van der Waals surface area (Å²) < 4.78 is 6.55. The minimum atomic E-state index is -0.184. The Hall–Kier alpha value is -2.49. The van der Waals surface area contributed by atoms with E-state index in [-0.39, 0.29) is 5.60 Å². The Morgan fingerprint density at radius 2 is 1.34 bits per heavy atom. The summed E-state index contributed by atoms with van der Waals surface area (Å²) in [6.45, 7) is 13.7. The molecule has 1 heterocycles. The van der Waals surface area contributed by atoms with Crippen molar-refractivity contribution < 1.29 is 4.74 Å². The molecule has 2 atom stereocenters. The van der Waals surface area contributed by atoms with Crippen LogP contribution in [0.2, 0.25) is 0 Å². The Morgan fingerprint density at radius 3 is 1.86 bits per heavy atom. The lowest BCUT2D eigenvalue weighted by molar-refractivity contribution is 0.137. The minimum Gasteiger partial charge on any atom is -0.466 e. The quantitative estimate of drug-likeness (QED) is 0.629. The maximum absolute atomic E-state index is 6.55. The normalized spacial score (nSPS) is 22.3. The van der Waals surface area contributed by atoms with Crippen molar-refractivity contribution >= 4 is 17.3 Å². The number of fused-ring (bicyclic) bond motifs is 1. The van der Waals surface area contributed by atoms with Crippen LogP contribution in [0.25, 0.3) is 0 Å². The van der Waals surface area contributed by atoms with Crippen molar-refractivity contribution in [2.45, 2.75) is 39.7 Å². The second-order valence-corrected chi connectivity index (χ2v) is 7.98. The van der Waals surface area contributed by atoms with Crippen molar-refractivity contribution in [1.29, 1.82) is 0 Å².